The molecule has 0 aromatic heterocycles. The van der Waals surface area contributed by atoms with Crippen molar-refractivity contribution in [1.82, 2.24) is 25.3 Å². The molecule has 1 unspecified atom stereocenters. The van der Waals surface area contributed by atoms with Crippen LogP contribution in [0.15, 0.2) is 42.6 Å². The van der Waals surface area contributed by atoms with Gasteiger partial charge in [-0.05, 0) is 44.1 Å². The van der Waals surface area contributed by atoms with Crippen LogP contribution < -0.4 is 22.1 Å². The average Bonchev–Trinajstić information content (AvgIpc) is 3.62. The van der Waals surface area contributed by atoms with Crippen LogP contribution in [0, 0.1) is 17.8 Å². The number of primary amides is 1. The number of likely N-dealkylation sites (tertiary alicyclic amines) is 1. The molecule has 1 fully saturated rings. The van der Waals surface area contributed by atoms with Gasteiger partial charge in [0.15, 0.2) is 0 Å². The molecule has 10 atom stereocenters. The van der Waals surface area contributed by atoms with Crippen molar-refractivity contribution in [3.63, 3.8) is 0 Å². The maximum Gasteiger partial charge on any atom is 0.246 e. The van der Waals surface area contributed by atoms with Gasteiger partial charge in [0.2, 0.25) is 29.5 Å². The second kappa shape index (κ2) is 21.9. The topological polar surface area (TPSA) is 190 Å². The quantitative estimate of drug-likeness (QED) is 0.137. The molecular weight excluding hydrogens is 702 g/mol. The molecule has 55 heavy (non-hydrogen) atoms. The summed E-state index contributed by atoms with van der Waals surface area (Å²) >= 11 is 0. The summed E-state index contributed by atoms with van der Waals surface area (Å²) in [6, 6.07) is 5.11. The van der Waals surface area contributed by atoms with Crippen molar-refractivity contribution in [2.75, 3.05) is 34.9 Å². The van der Waals surface area contributed by atoms with Gasteiger partial charge in [0.05, 0.1) is 36.6 Å². The van der Waals surface area contributed by atoms with E-state index in [1.165, 1.54) is 14.2 Å². The minimum absolute atomic E-state index is 0.0362. The third-order valence-electron chi connectivity index (χ3n) is 11.2. The first-order chi connectivity index (χ1) is 25.8. The van der Waals surface area contributed by atoms with E-state index in [2.05, 4.69) is 17.2 Å². The highest BCUT2D eigenvalue weighted by molar-refractivity contribution is 5.91. The van der Waals surface area contributed by atoms with Crippen LogP contribution in [-0.2, 0) is 39.9 Å². The van der Waals surface area contributed by atoms with Gasteiger partial charge in [-0.25, -0.2) is 0 Å². The Labute approximate surface area is 329 Å². The molecular formula is C41H69N7O7. The van der Waals surface area contributed by atoms with Crippen LogP contribution in [0.5, 0.6) is 0 Å². The lowest BCUT2D eigenvalue weighted by Crippen LogP contribution is -2.62. The predicted molar refractivity (Wildman–Crippen MR) is 214 cm³/mol. The maximum absolute atomic E-state index is 14.2. The van der Waals surface area contributed by atoms with Crippen LogP contribution in [0.1, 0.15) is 79.7 Å². The second-order valence-electron chi connectivity index (χ2n) is 15.6. The molecule has 310 valence electrons. The van der Waals surface area contributed by atoms with Gasteiger partial charge in [0.25, 0.3) is 0 Å². The Morgan fingerprint density at radius 1 is 0.964 bits per heavy atom. The predicted octanol–water partition coefficient (Wildman–Crippen LogP) is 2.44. The van der Waals surface area contributed by atoms with Gasteiger partial charge >= 0.3 is 0 Å². The summed E-state index contributed by atoms with van der Waals surface area (Å²) in [7, 11) is 6.49. The molecule has 6 N–H and O–H groups in total. The molecule has 2 rings (SSSR count). The van der Waals surface area contributed by atoms with E-state index in [0.29, 0.717) is 31.5 Å². The number of benzene rings is 1. The number of likely N-dealkylation sites (N-methyl/N-ethyl adjacent to an activating group) is 2. The zero-order valence-electron chi connectivity index (χ0n) is 35.0. The first-order valence-electron chi connectivity index (χ1n) is 19.5. The number of hydrogen-bond donors (Lipinski definition) is 4. The van der Waals surface area contributed by atoms with Gasteiger partial charge in [-0.2, -0.15) is 0 Å². The van der Waals surface area contributed by atoms with E-state index >= 15 is 0 Å². The van der Waals surface area contributed by atoms with E-state index in [-0.39, 0.29) is 42.4 Å². The van der Waals surface area contributed by atoms with Crippen LogP contribution in [0.25, 0.3) is 0 Å². The van der Waals surface area contributed by atoms with Crippen molar-refractivity contribution in [3.8, 4) is 0 Å². The van der Waals surface area contributed by atoms with E-state index in [0.717, 1.165) is 5.56 Å². The lowest BCUT2D eigenvalue weighted by atomic mass is 9.89. The Morgan fingerprint density at radius 3 is 2.07 bits per heavy atom. The van der Waals surface area contributed by atoms with E-state index in [4.69, 9.17) is 20.9 Å². The van der Waals surface area contributed by atoms with Gasteiger partial charge < -0.3 is 46.3 Å². The summed E-state index contributed by atoms with van der Waals surface area (Å²) in [5.74, 6) is -2.85. The zero-order valence-corrected chi connectivity index (χ0v) is 35.0. The largest absolute Gasteiger partial charge is 0.379 e. The number of methoxy groups -OCH3 is 2. The van der Waals surface area contributed by atoms with E-state index < -0.39 is 66.2 Å². The van der Waals surface area contributed by atoms with E-state index in [1.807, 2.05) is 65.0 Å². The number of carbonyl (C=O) groups is 5. The molecule has 0 spiro atoms. The minimum atomic E-state index is -1.03. The first-order valence-corrected chi connectivity index (χ1v) is 19.5. The van der Waals surface area contributed by atoms with Crippen LogP contribution >= 0.6 is 0 Å². The molecule has 0 aliphatic carbocycles. The van der Waals surface area contributed by atoms with Gasteiger partial charge in [0, 0.05) is 53.0 Å². The third-order valence-corrected chi connectivity index (χ3v) is 11.2. The molecule has 1 aromatic rings. The highest BCUT2D eigenvalue weighted by Crippen LogP contribution is 2.29. The number of nitrogens with zero attached hydrogens (tertiary/aromatic N) is 3. The lowest BCUT2D eigenvalue weighted by molar-refractivity contribution is -0.147. The molecule has 14 nitrogen and oxygen atoms in total. The highest BCUT2D eigenvalue weighted by atomic mass is 16.5. The van der Waals surface area contributed by atoms with Crippen LogP contribution in [0.3, 0.4) is 0 Å². The van der Waals surface area contributed by atoms with Crippen molar-refractivity contribution < 1.29 is 33.4 Å². The SMILES string of the molecule is C=C(C)N(C)C(C(=O)N[C@H](C(=O)N(C)[C@@H]([C@@H](C)CC)[C@@H](CC(=O)N1CCC[C@H]1[C@H](OC)[C@@H](C)C(=O)N[C@@H](Cc1ccccc1)C(N)=O)OC)[C@H](C)N)C(C)C. The Bertz CT molecular complexity index is 1440. The fourth-order valence-corrected chi connectivity index (χ4v) is 7.72. The molecule has 14 heteroatoms. The Morgan fingerprint density at radius 2 is 1.58 bits per heavy atom. The monoisotopic (exact) mass is 772 g/mol. The van der Waals surface area contributed by atoms with E-state index in [1.54, 1.807) is 42.6 Å². The standard InChI is InChI=1S/C41H69N7O7/c1-13-26(6)36(47(10)41(53)34(28(8)42)45-40(52)35(24(2)3)46(9)25(4)5)32(54-11)23-33(49)48-21-17-20-31(48)37(55-12)27(7)39(51)44-30(38(43)50)22-29-18-15-14-16-19-29/h14-16,18-19,24,26-28,30-32,34-37H,4,13,17,20-23,42H2,1-3,5-12H3,(H2,43,50)(H,44,51)(H,45,52)/t26-,27+,28-,30-,31-,32+,34-,35?,36-,37+/m0/s1. The van der Waals surface area contributed by atoms with Crippen LogP contribution in [0.4, 0.5) is 0 Å². The summed E-state index contributed by atoms with van der Waals surface area (Å²) < 4.78 is 11.9. The van der Waals surface area contributed by atoms with Gasteiger partial charge in [-0.15, -0.1) is 0 Å². The number of allylic oxidation sites excluding steroid dienone is 1. The summed E-state index contributed by atoms with van der Waals surface area (Å²) in [5.41, 5.74) is 13.6. The number of amides is 5. The molecule has 0 saturated carbocycles. The molecule has 1 aliphatic rings. The molecule has 1 heterocycles. The average molecular weight is 772 g/mol. The first kappa shape index (κ1) is 47.1. The molecule has 5 amide bonds. The summed E-state index contributed by atoms with van der Waals surface area (Å²) in [5, 5.41) is 5.72. The fraction of sp³-hybridized carbons (Fsp3) is 0.683. The molecule has 1 saturated heterocycles. The normalized spacial score (nSPS) is 19.2. The second-order valence-corrected chi connectivity index (χ2v) is 15.6. The number of ether oxygens (including phenoxy) is 2. The number of rotatable bonds is 22. The van der Waals surface area contributed by atoms with E-state index in [9.17, 15) is 24.0 Å². The van der Waals surface area contributed by atoms with Gasteiger partial charge in [-0.1, -0.05) is 78.0 Å². The molecule has 1 aliphatic heterocycles. The maximum atomic E-state index is 14.2. The summed E-state index contributed by atoms with van der Waals surface area (Å²) in [6.45, 7) is 17.5. The lowest BCUT2D eigenvalue weighted by Gasteiger charge is -2.41. The molecule has 1 aromatic carbocycles. The summed E-state index contributed by atoms with van der Waals surface area (Å²) in [6.07, 6.45) is 0.856. The van der Waals surface area contributed by atoms with Crippen molar-refractivity contribution in [1.29, 1.82) is 0 Å². The Balaban J connectivity index is 2.29. The Hall–Kier alpha value is -4.01. The summed E-state index contributed by atoms with van der Waals surface area (Å²) in [4.78, 5) is 73.0. The van der Waals surface area contributed by atoms with Gasteiger partial charge in [0.1, 0.15) is 18.1 Å². The van der Waals surface area contributed by atoms with Crippen molar-refractivity contribution in [2.45, 2.75) is 129 Å². The number of nitrogens with one attached hydrogen (secondary N) is 2. The van der Waals surface area contributed by atoms with Crippen molar-refractivity contribution in [2.24, 2.45) is 29.2 Å². The van der Waals surface area contributed by atoms with Crippen LogP contribution in [0.2, 0.25) is 0 Å². The number of hydrogen-bond acceptors (Lipinski definition) is 9. The van der Waals surface area contributed by atoms with Crippen LogP contribution in [-0.4, -0.2) is 128 Å². The molecule has 0 bridgehead atoms. The van der Waals surface area contributed by atoms with Gasteiger partial charge in [-0.3, -0.25) is 24.0 Å². The molecule has 0 radical (unpaired) electrons. The fourth-order valence-electron chi connectivity index (χ4n) is 7.72. The number of carbonyl (C=O) groups excluding carboxylic acids is 5. The smallest absolute Gasteiger partial charge is 0.246 e. The third kappa shape index (κ3) is 12.5. The number of nitrogens with two attached hydrogens (primary N) is 2. The van der Waals surface area contributed by atoms with Crippen molar-refractivity contribution >= 4 is 29.5 Å². The minimum Gasteiger partial charge on any atom is -0.379 e. The zero-order chi connectivity index (χ0) is 41.7. The highest BCUT2D eigenvalue weighted by Gasteiger charge is 2.43. The van der Waals surface area contributed by atoms with Crippen molar-refractivity contribution in [3.05, 3.63) is 48.2 Å². The Kier molecular flexibility index (Phi) is 18.8.